The first-order valence-corrected chi connectivity index (χ1v) is 10.7. The smallest absolute Gasteiger partial charge is 0.292 e. The molecular weight excluding hydrogens is 414 g/mol. The van der Waals surface area contributed by atoms with Crippen molar-refractivity contribution in [2.45, 2.75) is 12.8 Å². The van der Waals surface area contributed by atoms with E-state index < -0.39 is 4.92 Å². The molecule has 0 N–H and O–H groups in total. The largest absolute Gasteiger partial charge is 0.368 e. The van der Waals surface area contributed by atoms with Gasteiger partial charge in [-0.05, 0) is 31.0 Å². The first-order valence-electron chi connectivity index (χ1n) is 10.7. The number of nitro groups is 2. The summed E-state index contributed by atoms with van der Waals surface area (Å²) in [6.45, 7) is 3.81. The Kier molecular flexibility index (Phi) is 6.20. The van der Waals surface area contributed by atoms with Crippen molar-refractivity contribution < 1.29 is 14.6 Å². The Morgan fingerprint density at radius 1 is 0.781 bits per heavy atom. The summed E-state index contributed by atoms with van der Waals surface area (Å²) in [5.74, 6) is 0.0792. The van der Waals surface area contributed by atoms with Crippen LogP contribution in [0.2, 0.25) is 0 Å². The van der Waals surface area contributed by atoms with Gasteiger partial charge < -0.3 is 14.7 Å². The van der Waals surface area contributed by atoms with Crippen LogP contribution in [0.1, 0.15) is 12.8 Å². The van der Waals surface area contributed by atoms with Gasteiger partial charge in [0.1, 0.15) is 5.69 Å². The monoisotopic (exact) mass is 439 g/mol. The molecule has 168 valence electrons. The van der Waals surface area contributed by atoms with Crippen molar-refractivity contribution in [1.82, 2.24) is 4.90 Å². The highest BCUT2D eigenvalue weighted by Gasteiger charge is 2.32. The number of nitrogens with zero attached hydrogens (tertiary/aromatic N) is 5. The van der Waals surface area contributed by atoms with E-state index in [2.05, 4.69) is 4.90 Å². The van der Waals surface area contributed by atoms with Crippen LogP contribution in [0.3, 0.4) is 0 Å². The average molecular weight is 439 g/mol. The summed E-state index contributed by atoms with van der Waals surface area (Å²) in [4.78, 5) is 40.4. The minimum atomic E-state index is -0.415. The lowest BCUT2D eigenvalue weighted by Gasteiger charge is -2.39. The molecule has 0 radical (unpaired) electrons. The first-order chi connectivity index (χ1) is 15.4. The fraction of sp³-hybridized carbons (Fsp3) is 0.409. The van der Waals surface area contributed by atoms with Crippen LogP contribution in [0.4, 0.5) is 22.7 Å². The summed E-state index contributed by atoms with van der Waals surface area (Å²) >= 11 is 0. The van der Waals surface area contributed by atoms with Crippen LogP contribution in [0.25, 0.3) is 0 Å². The van der Waals surface area contributed by atoms with Gasteiger partial charge in [-0.3, -0.25) is 25.0 Å². The van der Waals surface area contributed by atoms with Crippen LogP contribution in [0.15, 0.2) is 48.5 Å². The number of benzene rings is 2. The van der Waals surface area contributed by atoms with Crippen molar-refractivity contribution in [3.63, 3.8) is 0 Å². The summed E-state index contributed by atoms with van der Waals surface area (Å²) < 4.78 is 0. The van der Waals surface area contributed by atoms with Crippen molar-refractivity contribution in [3.05, 3.63) is 68.8 Å². The van der Waals surface area contributed by atoms with Gasteiger partial charge in [-0.15, -0.1) is 0 Å². The minimum Gasteiger partial charge on any atom is -0.368 e. The Hall–Kier alpha value is -3.69. The number of amides is 1. The quantitative estimate of drug-likeness (QED) is 0.520. The maximum Gasteiger partial charge on any atom is 0.292 e. The van der Waals surface area contributed by atoms with Crippen molar-refractivity contribution in [1.29, 1.82) is 0 Å². The zero-order valence-corrected chi connectivity index (χ0v) is 17.6. The number of non-ortho nitro benzene ring substituents is 1. The molecule has 2 fully saturated rings. The molecule has 2 aromatic carbocycles. The molecule has 2 saturated heterocycles. The Balaban J connectivity index is 1.30. The van der Waals surface area contributed by atoms with Crippen LogP contribution in [-0.2, 0) is 4.79 Å². The Labute approximate surface area is 185 Å². The highest BCUT2D eigenvalue weighted by atomic mass is 16.6. The predicted molar refractivity (Wildman–Crippen MR) is 120 cm³/mol. The van der Waals surface area contributed by atoms with Gasteiger partial charge in [-0.25, -0.2) is 0 Å². The lowest BCUT2D eigenvalue weighted by molar-refractivity contribution is -0.384. The molecule has 2 aliphatic heterocycles. The van der Waals surface area contributed by atoms with E-state index in [9.17, 15) is 25.0 Å². The lowest BCUT2D eigenvalue weighted by Crippen LogP contribution is -2.51. The number of carbonyl (C=O) groups is 1. The van der Waals surface area contributed by atoms with Crippen LogP contribution in [0.5, 0.6) is 0 Å². The van der Waals surface area contributed by atoms with Gasteiger partial charge in [0.2, 0.25) is 5.91 Å². The number of hydrogen-bond donors (Lipinski definition) is 0. The molecule has 0 saturated carbocycles. The number of nitro benzene ring substituents is 2. The van der Waals surface area contributed by atoms with Gasteiger partial charge in [0.25, 0.3) is 11.4 Å². The molecule has 0 aliphatic carbocycles. The molecular formula is C22H25N5O5. The molecule has 2 aromatic rings. The second-order valence-electron chi connectivity index (χ2n) is 8.09. The van der Waals surface area contributed by atoms with Crippen molar-refractivity contribution in [2.24, 2.45) is 5.92 Å². The average Bonchev–Trinajstić information content (AvgIpc) is 2.84. The highest BCUT2D eigenvalue weighted by Crippen LogP contribution is 2.32. The van der Waals surface area contributed by atoms with Crippen molar-refractivity contribution in [2.75, 3.05) is 49.1 Å². The summed E-state index contributed by atoms with van der Waals surface area (Å²) in [5.41, 5.74) is 1.69. The molecule has 2 aliphatic rings. The summed E-state index contributed by atoms with van der Waals surface area (Å²) in [6.07, 6.45) is 1.35. The number of piperidine rings is 1. The summed E-state index contributed by atoms with van der Waals surface area (Å²) in [5, 5.41) is 22.1. The molecule has 10 heteroatoms. The van der Waals surface area contributed by atoms with E-state index in [1.807, 2.05) is 9.80 Å². The fourth-order valence-electron chi connectivity index (χ4n) is 4.48. The number of rotatable bonds is 5. The molecule has 2 heterocycles. The summed E-state index contributed by atoms with van der Waals surface area (Å²) in [6, 6.07) is 13.2. The van der Waals surface area contributed by atoms with Gasteiger partial charge in [0.15, 0.2) is 0 Å². The third-order valence-electron chi connectivity index (χ3n) is 6.28. The normalized spacial score (nSPS) is 17.3. The third-order valence-corrected chi connectivity index (χ3v) is 6.28. The molecule has 0 aromatic heterocycles. The Morgan fingerprint density at radius 3 is 2.00 bits per heavy atom. The van der Waals surface area contributed by atoms with E-state index in [-0.39, 0.29) is 28.1 Å². The van der Waals surface area contributed by atoms with Crippen LogP contribution < -0.4 is 9.80 Å². The molecule has 10 nitrogen and oxygen atoms in total. The van der Waals surface area contributed by atoms with Crippen molar-refractivity contribution in [3.8, 4) is 0 Å². The Morgan fingerprint density at radius 2 is 1.41 bits per heavy atom. The number of hydrogen-bond acceptors (Lipinski definition) is 7. The summed E-state index contributed by atoms with van der Waals surface area (Å²) in [7, 11) is 0. The van der Waals surface area contributed by atoms with Crippen molar-refractivity contribution >= 4 is 28.7 Å². The van der Waals surface area contributed by atoms with E-state index in [1.165, 1.54) is 18.2 Å². The molecule has 4 rings (SSSR count). The molecule has 0 unspecified atom stereocenters. The number of para-hydroxylation sites is 2. The second-order valence-corrected chi connectivity index (χ2v) is 8.09. The Bertz CT molecular complexity index is 996. The van der Waals surface area contributed by atoms with Crippen LogP contribution in [-0.4, -0.2) is 59.9 Å². The molecule has 0 spiro atoms. The zero-order valence-electron chi connectivity index (χ0n) is 17.6. The molecule has 0 atom stereocenters. The lowest BCUT2D eigenvalue weighted by atomic mass is 9.94. The van der Waals surface area contributed by atoms with Crippen LogP contribution in [0, 0.1) is 26.1 Å². The number of anilines is 2. The van der Waals surface area contributed by atoms with Crippen LogP contribution >= 0.6 is 0 Å². The predicted octanol–water partition coefficient (Wildman–Crippen LogP) is 3.07. The standard InChI is InChI=1S/C22H25N5O5/c28-22(17-9-11-24(12-10-17)20-3-1-2-4-21(20)27(31)32)25-15-13-23(14-16-25)18-5-7-19(8-6-18)26(29)30/h1-8,17H,9-16H2. The molecule has 32 heavy (non-hydrogen) atoms. The van der Waals surface area contributed by atoms with Gasteiger partial charge in [0, 0.05) is 69.1 Å². The maximum atomic E-state index is 13.0. The van der Waals surface area contributed by atoms with Gasteiger partial charge in [0.05, 0.1) is 9.85 Å². The van der Waals surface area contributed by atoms with E-state index in [0.29, 0.717) is 57.8 Å². The first kappa shape index (κ1) is 21.5. The van der Waals surface area contributed by atoms with Gasteiger partial charge in [-0.2, -0.15) is 0 Å². The van der Waals surface area contributed by atoms with E-state index >= 15 is 0 Å². The van der Waals surface area contributed by atoms with Gasteiger partial charge >= 0.3 is 0 Å². The third kappa shape index (κ3) is 4.48. The molecule has 0 bridgehead atoms. The van der Waals surface area contributed by atoms with E-state index in [1.54, 1.807) is 30.3 Å². The number of piperazine rings is 1. The second kappa shape index (κ2) is 9.21. The van der Waals surface area contributed by atoms with E-state index in [4.69, 9.17) is 0 Å². The zero-order chi connectivity index (χ0) is 22.7. The highest BCUT2D eigenvalue weighted by molar-refractivity contribution is 5.79. The minimum absolute atomic E-state index is 0.0646. The fourth-order valence-corrected chi connectivity index (χ4v) is 4.48. The maximum absolute atomic E-state index is 13.0. The number of carbonyl (C=O) groups excluding carboxylic acids is 1. The van der Waals surface area contributed by atoms with E-state index in [0.717, 1.165) is 5.69 Å². The molecule has 1 amide bonds. The topological polar surface area (TPSA) is 113 Å². The van der Waals surface area contributed by atoms with Gasteiger partial charge in [-0.1, -0.05) is 12.1 Å². The SMILES string of the molecule is O=C(C1CCN(c2ccccc2[N+](=O)[O-])CC1)N1CCN(c2ccc([N+](=O)[O-])cc2)CC1.